The highest BCUT2D eigenvalue weighted by Gasteiger charge is 2.28. The molecule has 0 spiro atoms. The van der Waals surface area contributed by atoms with E-state index in [4.69, 9.17) is 4.74 Å². The maximum atomic E-state index is 12.6. The molecular weight excluding hydrogens is 324 g/mol. The number of nitrogens with one attached hydrogen (secondary N) is 1. The molecule has 25 heavy (non-hydrogen) atoms. The van der Waals surface area contributed by atoms with Gasteiger partial charge in [0.2, 0.25) is 0 Å². The molecule has 0 aliphatic rings. The lowest BCUT2D eigenvalue weighted by Crippen LogP contribution is -2.43. The number of esters is 2. The summed E-state index contributed by atoms with van der Waals surface area (Å²) in [7, 11) is 2.50. The molecule has 7 heteroatoms. The van der Waals surface area contributed by atoms with Crippen molar-refractivity contribution in [3.8, 4) is 0 Å². The third-order valence-electron chi connectivity index (χ3n) is 3.88. The van der Waals surface area contributed by atoms with E-state index in [0.717, 1.165) is 0 Å². The minimum absolute atomic E-state index is 0.0775. The van der Waals surface area contributed by atoms with Crippen LogP contribution in [0.4, 0.5) is 0 Å². The summed E-state index contributed by atoms with van der Waals surface area (Å²) in [5, 5.41) is 3.31. The van der Waals surface area contributed by atoms with Crippen LogP contribution in [0.15, 0.2) is 36.5 Å². The fourth-order valence-corrected chi connectivity index (χ4v) is 2.54. The van der Waals surface area contributed by atoms with Gasteiger partial charge < -0.3 is 14.8 Å². The number of ether oxygens (including phenoxy) is 2. The predicted molar refractivity (Wildman–Crippen MR) is 90.8 cm³/mol. The number of para-hydroxylation sites is 1. The maximum Gasteiger partial charge on any atom is 0.328 e. The summed E-state index contributed by atoms with van der Waals surface area (Å²) in [5.41, 5.74) is 1.07. The fourth-order valence-electron chi connectivity index (χ4n) is 2.54. The molecule has 0 fully saturated rings. The van der Waals surface area contributed by atoms with Crippen LogP contribution in [0, 0.1) is 5.92 Å². The van der Waals surface area contributed by atoms with Gasteiger partial charge in [0, 0.05) is 11.6 Å². The number of rotatable bonds is 6. The van der Waals surface area contributed by atoms with E-state index in [9.17, 15) is 14.4 Å². The number of amides is 1. The highest BCUT2D eigenvalue weighted by Crippen LogP contribution is 2.17. The molecule has 1 aromatic heterocycles. The van der Waals surface area contributed by atoms with E-state index in [2.05, 4.69) is 15.0 Å². The first kappa shape index (κ1) is 18.4. The van der Waals surface area contributed by atoms with Gasteiger partial charge >= 0.3 is 11.9 Å². The molecule has 2 atom stereocenters. The van der Waals surface area contributed by atoms with Crippen LogP contribution >= 0.6 is 0 Å². The largest absolute Gasteiger partial charge is 0.469 e. The normalized spacial score (nSPS) is 12.9. The molecule has 2 rings (SSSR count). The summed E-state index contributed by atoms with van der Waals surface area (Å²) in [6.45, 7) is 1.62. The second-order valence-corrected chi connectivity index (χ2v) is 5.58. The number of aromatic nitrogens is 1. The van der Waals surface area contributed by atoms with Crippen LogP contribution in [0.25, 0.3) is 10.9 Å². The van der Waals surface area contributed by atoms with Crippen LogP contribution < -0.4 is 5.32 Å². The van der Waals surface area contributed by atoms with Crippen LogP contribution in [0.3, 0.4) is 0 Å². The Bertz CT molecular complexity index is 785. The molecule has 1 N–H and O–H groups in total. The molecule has 132 valence electrons. The average molecular weight is 344 g/mol. The van der Waals surface area contributed by atoms with Gasteiger partial charge in [-0.05, 0) is 18.6 Å². The van der Waals surface area contributed by atoms with Gasteiger partial charge in [-0.15, -0.1) is 0 Å². The second-order valence-electron chi connectivity index (χ2n) is 5.58. The molecule has 0 saturated heterocycles. The van der Waals surface area contributed by atoms with Gasteiger partial charge in [0.05, 0.1) is 31.2 Å². The smallest absolute Gasteiger partial charge is 0.328 e. The molecule has 1 aromatic carbocycles. The van der Waals surface area contributed by atoms with E-state index < -0.39 is 29.8 Å². The summed E-state index contributed by atoms with van der Waals surface area (Å²) in [5.74, 6) is -2.09. The molecule has 0 aliphatic carbocycles. The van der Waals surface area contributed by atoms with E-state index in [1.54, 1.807) is 31.2 Å². The Morgan fingerprint density at radius 3 is 2.44 bits per heavy atom. The quantitative estimate of drug-likeness (QED) is 0.802. The first-order chi connectivity index (χ1) is 12.0. The molecule has 0 aliphatic heterocycles. The Morgan fingerprint density at radius 2 is 1.76 bits per heavy atom. The Labute approximate surface area is 145 Å². The predicted octanol–water partition coefficient (Wildman–Crippen LogP) is 1.71. The fraction of sp³-hybridized carbons (Fsp3) is 0.333. The van der Waals surface area contributed by atoms with Crippen molar-refractivity contribution < 1.29 is 23.9 Å². The molecule has 0 bridgehead atoms. The van der Waals surface area contributed by atoms with E-state index in [-0.39, 0.29) is 6.42 Å². The Balaban J connectivity index is 2.24. The Hall–Kier alpha value is -2.96. The van der Waals surface area contributed by atoms with Gasteiger partial charge in [-0.2, -0.15) is 0 Å². The first-order valence-electron chi connectivity index (χ1n) is 7.78. The van der Waals surface area contributed by atoms with E-state index >= 15 is 0 Å². The van der Waals surface area contributed by atoms with Crippen LogP contribution in [0.2, 0.25) is 0 Å². The maximum absolute atomic E-state index is 12.6. The number of fused-ring (bicyclic) bond motifs is 1. The lowest BCUT2D eigenvalue weighted by molar-refractivity contribution is -0.147. The number of methoxy groups -OCH3 is 2. The zero-order chi connectivity index (χ0) is 18.4. The van der Waals surface area contributed by atoms with Gasteiger partial charge in [0.15, 0.2) is 0 Å². The Morgan fingerprint density at radius 1 is 1.08 bits per heavy atom. The summed E-state index contributed by atoms with van der Waals surface area (Å²) >= 11 is 0. The van der Waals surface area contributed by atoms with Gasteiger partial charge in [-0.1, -0.05) is 25.1 Å². The minimum Gasteiger partial charge on any atom is -0.469 e. The minimum atomic E-state index is -0.960. The summed E-state index contributed by atoms with van der Waals surface area (Å²) < 4.78 is 9.39. The first-order valence-corrected chi connectivity index (χ1v) is 7.78. The van der Waals surface area contributed by atoms with Crippen molar-refractivity contribution in [2.45, 2.75) is 19.4 Å². The molecule has 0 radical (unpaired) electrons. The van der Waals surface area contributed by atoms with Crippen LogP contribution in [0.1, 0.15) is 23.7 Å². The van der Waals surface area contributed by atoms with Crippen molar-refractivity contribution in [3.63, 3.8) is 0 Å². The topological polar surface area (TPSA) is 94.6 Å². The number of carbonyl (C=O) groups is 3. The van der Waals surface area contributed by atoms with Gasteiger partial charge in [-0.25, -0.2) is 4.79 Å². The van der Waals surface area contributed by atoms with Gasteiger partial charge in [-0.3, -0.25) is 14.6 Å². The molecule has 1 heterocycles. The Kier molecular flexibility index (Phi) is 6.05. The zero-order valence-corrected chi connectivity index (χ0v) is 14.3. The number of hydrogen-bond acceptors (Lipinski definition) is 6. The summed E-state index contributed by atoms with van der Waals surface area (Å²) in [6.07, 6.45) is 1.61. The van der Waals surface area contributed by atoms with Gasteiger partial charge in [0.25, 0.3) is 5.91 Å². The highest BCUT2D eigenvalue weighted by atomic mass is 16.5. The van der Waals surface area contributed by atoms with Crippen molar-refractivity contribution in [1.29, 1.82) is 0 Å². The third kappa shape index (κ3) is 4.32. The monoisotopic (exact) mass is 344 g/mol. The number of nitrogens with zero attached hydrogens (tertiary/aromatic N) is 1. The molecular formula is C18H20N2O5. The van der Waals surface area contributed by atoms with Gasteiger partial charge in [0.1, 0.15) is 6.04 Å². The van der Waals surface area contributed by atoms with Crippen molar-refractivity contribution >= 4 is 28.7 Å². The summed E-state index contributed by atoms with van der Waals surface area (Å²) in [6, 6.07) is 7.82. The van der Waals surface area contributed by atoms with E-state index in [1.165, 1.54) is 20.4 Å². The number of carbonyl (C=O) groups excluding carboxylic acids is 3. The van der Waals surface area contributed by atoms with Crippen molar-refractivity contribution in [1.82, 2.24) is 10.3 Å². The van der Waals surface area contributed by atoms with E-state index in [0.29, 0.717) is 16.5 Å². The van der Waals surface area contributed by atoms with Crippen molar-refractivity contribution in [3.05, 3.63) is 42.1 Å². The lowest BCUT2D eigenvalue weighted by Gasteiger charge is -2.19. The molecule has 7 nitrogen and oxygen atoms in total. The lowest BCUT2D eigenvalue weighted by atomic mass is 10.0. The van der Waals surface area contributed by atoms with Crippen LogP contribution in [-0.2, 0) is 19.1 Å². The van der Waals surface area contributed by atoms with Crippen molar-refractivity contribution in [2.24, 2.45) is 5.92 Å². The third-order valence-corrected chi connectivity index (χ3v) is 3.88. The van der Waals surface area contributed by atoms with Crippen LogP contribution in [-0.4, -0.2) is 43.1 Å². The number of pyridine rings is 1. The zero-order valence-electron chi connectivity index (χ0n) is 14.3. The highest BCUT2D eigenvalue weighted by molar-refractivity contribution is 6.07. The molecule has 1 amide bonds. The number of hydrogen-bond donors (Lipinski definition) is 1. The van der Waals surface area contributed by atoms with Crippen LogP contribution in [0.5, 0.6) is 0 Å². The second kappa shape index (κ2) is 8.23. The standard InChI is InChI=1S/C18H20N2O5/c1-11(17(22)24-2)10-15(18(23)25-3)20-16(21)13-8-9-19-14-7-5-4-6-12(13)14/h4-9,11,15H,10H2,1-3H3,(H,20,21)/t11-,15+/m0/s1. The average Bonchev–Trinajstić information content (AvgIpc) is 2.65. The SMILES string of the molecule is COC(=O)[C@@H](C)C[C@@H](NC(=O)c1ccnc2ccccc12)C(=O)OC. The van der Waals surface area contributed by atoms with E-state index in [1.807, 2.05) is 6.07 Å². The van der Waals surface area contributed by atoms with Crippen molar-refractivity contribution in [2.75, 3.05) is 14.2 Å². The molecule has 0 saturated carbocycles. The molecule has 2 aromatic rings. The summed E-state index contributed by atoms with van der Waals surface area (Å²) in [4.78, 5) is 40.4. The number of benzene rings is 1. The molecule has 0 unspecified atom stereocenters.